The number of nitrogens with one attached hydrogen (secondary N) is 1. The molecule has 0 aliphatic heterocycles. The summed E-state index contributed by atoms with van der Waals surface area (Å²) in [5.41, 5.74) is 1.66. The zero-order valence-corrected chi connectivity index (χ0v) is 19.5. The fourth-order valence-electron chi connectivity index (χ4n) is 3.58. The van der Waals surface area contributed by atoms with Crippen LogP contribution in [0.4, 0.5) is 0 Å². The van der Waals surface area contributed by atoms with E-state index >= 15 is 0 Å². The van der Waals surface area contributed by atoms with E-state index in [1.165, 1.54) is 11.3 Å². The van der Waals surface area contributed by atoms with Crippen molar-refractivity contribution in [1.29, 1.82) is 0 Å². The van der Waals surface area contributed by atoms with Gasteiger partial charge in [0.2, 0.25) is 0 Å². The summed E-state index contributed by atoms with van der Waals surface area (Å²) in [5.74, 6) is 1.37. The summed E-state index contributed by atoms with van der Waals surface area (Å²) in [6.45, 7) is 4.77. The third kappa shape index (κ3) is 6.13. The molecular formula is C23H32N4O3S. The number of ether oxygens (including phenoxy) is 1. The number of aromatic amines is 1. The Morgan fingerprint density at radius 2 is 2.10 bits per heavy atom. The van der Waals surface area contributed by atoms with Gasteiger partial charge in [0.05, 0.1) is 25.1 Å². The highest BCUT2D eigenvalue weighted by molar-refractivity contribution is 7.17. The van der Waals surface area contributed by atoms with Gasteiger partial charge >= 0.3 is 0 Å². The Bertz CT molecular complexity index is 1050. The van der Waals surface area contributed by atoms with Crippen LogP contribution in [0.3, 0.4) is 0 Å². The highest BCUT2D eigenvalue weighted by Gasteiger charge is 2.17. The molecule has 8 heteroatoms. The Hall–Kier alpha value is -2.26. The minimum absolute atomic E-state index is 0.138. The summed E-state index contributed by atoms with van der Waals surface area (Å²) in [4.78, 5) is 25.7. The van der Waals surface area contributed by atoms with Gasteiger partial charge in [-0.05, 0) is 38.2 Å². The SMILES string of the molecule is CCCC(O)CN(CCN(C)C)Cc1nc2scc(-c3cccc(OC)c3)c2c(=O)[nH]1. The molecule has 2 heterocycles. The molecule has 0 bridgehead atoms. The van der Waals surface area contributed by atoms with Crippen molar-refractivity contribution in [3.63, 3.8) is 0 Å². The molecule has 0 amide bonds. The van der Waals surface area contributed by atoms with Crippen LogP contribution in [-0.4, -0.2) is 71.8 Å². The maximum absolute atomic E-state index is 13.0. The van der Waals surface area contributed by atoms with Gasteiger partial charge in [0, 0.05) is 30.6 Å². The van der Waals surface area contributed by atoms with E-state index in [1.807, 2.05) is 43.7 Å². The number of aromatic nitrogens is 2. The van der Waals surface area contributed by atoms with Crippen LogP contribution in [0.1, 0.15) is 25.6 Å². The Morgan fingerprint density at radius 1 is 1.29 bits per heavy atom. The maximum atomic E-state index is 13.0. The molecule has 2 aromatic heterocycles. The van der Waals surface area contributed by atoms with Crippen LogP contribution < -0.4 is 10.3 Å². The number of aliphatic hydroxyl groups is 1. The Kier molecular flexibility index (Phi) is 8.20. The molecule has 3 aromatic rings. The number of benzene rings is 1. The number of hydrogen-bond donors (Lipinski definition) is 2. The smallest absolute Gasteiger partial charge is 0.260 e. The number of likely N-dealkylation sites (N-methyl/N-ethyl adjacent to an activating group) is 1. The molecule has 3 rings (SSSR count). The van der Waals surface area contributed by atoms with Gasteiger partial charge in [0.25, 0.3) is 5.56 Å². The molecule has 7 nitrogen and oxygen atoms in total. The fourth-order valence-corrected chi connectivity index (χ4v) is 4.55. The molecule has 0 saturated heterocycles. The van der Waals surface area contributed by atoms with Crippen LogP contribution >= 0.6 is 11.3 Å². The second-order valence-electron chi connectivity index (χ2n) is 8.05. The fraction of sp³-hybridized carbons (Fsp3) is 0.478. The van der Waals surface area contributed by atoms with E-state index in [0.29, 0.717) is 24.3 Å². The number of thiophene rings is 1. The molecule has 0 spiro atoms. The minimum atomic E-state index is -0.385. The van der Waals surface area contributed by atoms with E-state index in [1.54, 1.807) is 7.11 Å². The number of hydrogen-bond acceptors (Lipinski definition) is 7. The van der Waals surface area contributed by atoms with Gasteiger partial charge in [-0.3, -0.25) is 9.69 Å². The van der Waals surface area contributed by atoms with Gasteiger partial charge in [-0.2, -0.15) is 0 Å². The van der Waals surface area contributed by atoms with Crippen LogP contribution in [0.2, 0.25) is 0 Å². The van der Waals surface area contributed by atoms with Gasteiger partial charge in [-0.1, -0.05) is 25.5 Å². The monoisotopic (exact) mass is 444 g/mol. The lowest BCUT2D eigenvalue weighted by Gasteiger charge is -2.25. The van der Waals surface area contributed by atoms with Gasteiger partial charge in [-0.25, -0.2) is 4.98 Å². The van der Waals surface area contributed by atoms with Crippen LogP contribution in [0.15, 0.2) is 34.4 Å². The molecule has 0 aliphatic rings. The Morgan fingerprint density at radius 3 is 2.81 bits per heavy atom. The molecule has 1 atom stereocenters. The van der Waals surface area contributed by atoms with Crippen molar-refractivity contribution >= 4 is 21.6 Å². The largest absolute Gasteiger partial charge is 0.497 e. The van der Waals surface area contributed by atoms with E-state index in [4.69, 9.17) is 9.72 Å². The first kappa shape index (κ1) is 23.4. The van der Waals surface area contributed by atoms with Crippen LogP contribution in [0.5, 0.6) is 5.75 Å². The predicted molar refractivity (Wildman–Crippen MR) is 127 cm³/mol. The van der Waals surface area contributed by atoms with Crippen molar-refractivity contribution in [1.82, 2.24) is 19.8 Å². The molecule has 1 unspecified atom stereocenters. The van der Waals surface area contributed by atoms with Gasteiger partial charge < -0.3 is 19.7 Å². The number of H-pyrrole nitrogens is 1. The van der Waals surface area contributed by atoms with Gasteiger partial charge in [0.1, 0.15) is 16.4 Å². The highest BCUT2D eigenvalue weighted by atomic mass is 32.1. The first-order chi connectivity index (χ1) is 14.9. The molecule has 168 valence electrons. The van der Waals surface area contributed by atoms with Crippen molar-refractivity contribution in [3.05, 3.63) is 45.8 Å². The van der Waals surface area contributed by atoms with E-state index in [-0.39, 0.29) is 11.7 Å². The van der Waals surface area contributed by atoms with Crippen molar-refractivity contribution in [2.75, 3.05) is 40.8 Å². The number of methoxy groups -OCH3 is 1. The minimum Gasteiger partial charge on any atom is -0.497 e. The lowest BCUT2D eigenvalue weighted by Crippen LogP contribution is -2.37. The van der Waals surface area contributed by atoms with Crippen molar-refractivity contribution < 1.29 is 9.84 Å². The van der Waals surface area contributed by atoms with Crippen LogP contribution in [-0.2, 0) is 6.54 Å². The topological polar surface area (TPSA) is 81.7 Å². The summed E-state index contributed by atoms with van der Waals surface area (Å²) >= 11 is 1.47. The normalized spacial score (nSPS) is 12.7. The Labute approximate surface area is 187 Å². The van der Waals surface area contributed by atoms with Crippen molar-refractivity contribution in [3.8, 4) is 16.9 Å². The second kappa shape index (κ2) is 10.9. The lowest BCUT2D eigenvalue weighted by atomic mass is 10.1. The van der Waals surface area contributed by atoms with Crippen molar-refractivity contribution in [2.45, 2.75) is 32.4 Å². The predicted octanol–water partition coefficient (Wildman–Crippen LogP) is 3.18. The number of rotatable bonds is 11. The van der Waals surface area contributed by atoms with Crippen LogP contribution in [0, 0.1) is 0 Å². The summed E-state index contributed by atoms with van der Waals surface area (Å²) < 4.78 is 5.32. The number of nitrogens with zero attached hydrogens (tertiary/aromatic N) is 3. The van der Waals surface area contributed by atoms with E-state index in [0.717, 1.165) is 47.6 Å². The summed E-state index contributed by atoms with van der Waals surface area (Å²) in [5, 5.41) is 12.9. The molecule has 0 aliphatic carbocycles. The average Bonchev–Trinajstić information content (AvgIpc) is 3.17. The van der Waals surface area contributed by atoms with Crippen molar-refractivity contribution in [2.24, 2.45) is 0 Å². The van der Waals surface area contributed by atoms with Crippen LogP contribution in [0.25, 0.3) is 21.3 Å². The quantitative estimate of drug-likeness (QED) is 0.473. The summed E-state index contributed by atoms with van der Waals surface area (Å²) in [6.07, 6.45) is 1.31. The Balaban J connectivity index is 1.87. The number of aliphatic hydroxyl groups excluding tert-OH is 1. The second-order valence-corrected chi connectivity index (χ2v) is 8.91. The van der Waals surface area contributed by atoms with Gasteiger partial charge in [-0.15, -0.1) is 11.3 Å². The zero-order chi connectivity index (χ0) is 22.4. The summed E-state index contributed by atoms with van der Waals surface area (Å²) in [6, 6.07) is 7.69. The molecule has 1 aromatic carbocycles. The third-order valence-electron chi connectivity index (χ3n) is 5.20. The maximum Gasteiger partial charge on any atom is 0.260 e. The molecule has 2 N–H and O–H groups in total. The standard InChI is InChI=1S/C23H32N4O3S/c1-5-7-17(28)13-27(11-10-26(2)3)14-20-24-22(29)21-19(15-31-23(21)25-20)16-8-6-9-18(12-16)30-4/h6,8-9,12,15,17,28H,5,7,10-11,13-14H2,1-4H3,(H,24,25,29). The van der Waals surface area contributed by atoms with E-state index < -0.39 is 0 Å². The molecular weight excluding hydrogens is 412 g/mol. The molecule has 31 heavy (non-hydrogen) atoms. The summed E-state index contributed by atoms with van der Waals surface area (Å²) in [7, 11) is 5.68. The first-order valence-corrected chi connectivity index (χ1v) is 11.5. The van der Waals surface area contributed by atoms with E-state index in [2.05, 4.69) is 21.7 Å². The molecule has 0 radical (unpaired) electrons. The first-order valence-electron chi connectivity index (χ1n) is 10.6. The van der Waals surface area contributed by atoms with Gasteiger partial charge in [0.15, 0.2) is 0 Å². The highest BCUT2D eigenvalue weighted by Crippen LogP contribution is 2.32. The zero-order valence-electron chi connectivity index (χ0n) is 18.7. The lowest BCUT2D eigenvalue weighted by molar-refractivity contribution is 0.0954. The van der Waals surface area contributed by atoms with E-state index in [9.17, 15) is 9.90 Å². The molecule has 0 saturated carbocycles. The average molecular weight is 445 g/mol. The number of fused-ring (bicyclic) bond motifs is 1. The third-order valence-corrected chi connectivity index (χ3v) is 6.07. The molecule has 0 fully saturated rings.